The lowest BCUT2D eigenvalue weighted by atomic mass is 10.0. The number of imidazole rings is 1. The highest BCUT2D eigenvalue weighted by molar-refractivity contribution is 5.83. The van der Waals surface area contributed by atoms with E-state index in [4.69, 9.17) is 15.0 Å². The van der Waals surface area contributed by atoms with Crippen molar-refractivity contribution in [2.24, 2.45) is 0 Å². The van der Waals surface area contributed by atoms with Crippen molar-refractivity contribution in [3.05, 3.63) is 96.5 Å². The lowest BCUT2D eigenvalue weighted by molar-refractivity contribution is 0.211. The number of hydrogen-bond donors (Lipinski definition) is 1. The number of anilines is 1. The highest BCUT2D eigenvalue weighted by Crippen LogP contribution is 2.41. The number of halogens is 1. The minimum Gasteiger partial charge on any atom is -0.472 e. The second-order valence-corrected chi connectivity index (χ2v) is 10.5. The number of hydrogen-bond acceptors (Lipinski definition) is 8. The monoisotopic (exact) mass is 558 g/mol. The number of aromatic nitrogens is 5. The molecule has 1 saturated heterocycles. The van der Waals surface area contributed by atoms with Crippen molar-refractivity contribution in [3.63, 3.8) is 0 Å². The van der Waals surface area contributed by atoms with E-state index in [-0.39, 0.29) is 18.4 Å². The first-order valence-corrected chi connectivity index (χ1v) is 13.9. The van der Waals surface area contributed by atoms with E-state index in [1.807, 2.05) is 22.8 Å². The molecule has 9 nitrogen and oxygen atoms in total. The number of fused-ring (bicyclic) bond motifs is 3. The smallest absolute Gasteiger partial charge is 0.234 e. The van der Waals surface area contributed by atoms with E-state index in [0.29, 0.717) is 40.4 Å². The van der Waals surface area contributed by atoms with Crippen molar-refractivity contribution in [3.8, 4) is 45.7 Å². The Labute approximate surface area is 242 Å². The molecule has 2 aliphatic heterocycles. The van der Waals surface area contributed by atoms with E-state index in [1.165, 1.54) is 11.6 Å². The van der Waals surface area contributed by atoms with Crippen molar-refractivity contribution < 1.29 is 9.13 Å². The van der Waals surface area contributed by atoms with Crippen LogP contribution in [-0.2, 0) is 13.3 Å². The number of likely N-dealkylation sites (tertiary alicyclic amines) is 1. The molecule has 208 valence electrons. The molecule has 2 aromatic carbocycles. The van der Waals surface area contributed by atoms with Crippen LogP contribution in [0, 0.1) is 17.1 Å². The molecule has 0 unspecified atom stereocenters. The lowest BCUT2D eigenvalue weighted by Crippen LogP contribution is -2.38. The van der Waals surface area contributed by atoms with E-state index in [9.17, 15) is 0 Å². The molecule has 2 aliphatic rings. The Morgan fingerprint density at radius 2 is 1.81 bits per heavy atom. The summed E-state index contributed by atoms with van der Waals surface area (Å²) in [4.78, 5) is 19.9. The largest absolute Gasteiger partial charge is 0.472 e. The first-order chi connectivity index (χ1) is 20.7. The summed E-state index contributed by atoms with van der Waals surface area (Å²) in [6, 6.07) is 21.1. The SMILES string of the molecule is N#Cc1nccc(NC2CCN(Cc3ccc(-c4nc5n(c4-c4ccccc4F)COc4ccncc4-5)cc3)CC2)n1. The van der Waals surface area contributed by atoms with Gasteiger partial charge in [0.2, 0.25) is 5.82 Å². The number of nitrogens with zero attached hydrogens (tertiary/aromatic N) is 7. The maximum Gasteiger partial charge on any atom is 0.234 e. The minimum absolute atomic E-state index is 0.174. The molecule has 5 heterocycles. The number of benzene rings is 2. The quantitative estimate of drug-likeness (QED) is 0.291. The number of ether oxygens (including phenoxy) is 1. The van der Waals surface area contributed by atoms with E-state index in [2.05, 4.69) is 49.4 Å². The molecule has 0 spiro atoms. The average molecular weight is 559 g/mol. The van der Waals surface area contributed by atoms with Crippen LogP contribution in [0.4, 0.5) is 10.2 Å². The predicted molar refractivity (Wildman–Crippen MR) is 156 cm³/mol. The topological polar surface area (TPSA) is 105 Å². The first kappa shape index (κ1) is 25.8. The van der Waals surface area contributed by atoms with Gasteiger partial charge in [-0.2, -0.15) is 5.26 Å². The van der Waals surface area contributed by atoms with Crippen molar-refractivity contribution in [2.45, 2.75) is 32.2 Å². The van der Waals surface area contributed by atoms with Gasteiger partial charge >= 0.3 is 0 Å². The van der Waals surface area contributed by atoms with Gasteiger partial charge in [0.15, 0.2) is 6.73 Å². The van der Waals surface area contributed by atoms with Crippen molar-refractivity contribution in [1.29, 1.82) is 5.26 Å². The Balaban J connectivity index is 1.10. The number of nitrogens with one attached hydrogen (secondary N) is 1. The Hall–Kier alpha value is -5.14. The van der Waals surface area contributed by atoms with Crippen LogP contribution in [0.3, 0.4) is 0 Å². The minimum atomic E-state index is -0.307. The average Bonchev–Trinajstić information content (AvgIpc) is 3.43. The molecule has 0 atom stereocenters. The molecule has 0 bridgehead atoms. The van der Waals surface area contributed by atoms with E-state index in [1.54, 1.807) is 36.8 Å². The molecule has 0 aliphatic carbocycles. The zero-order chi connectivity index (χ0) is 28.5. The van der Waals surface area contributed by atoms with Gasteiger partial charge < -0.3 is 10.1 Å². The summed E-state index contributed by atoms with van der Waals surface area (Å²) >= 11 is 0. The summed E-state index contributed by atoms with van der Waals surface area (Å²) in [7, 11) is 0. The maximum atomic E-state index is 15.1. The van der Waals surface area contributed by atoms with Crippen molar-refractivity contribution in [1.82, 2.24) is 29.4 Å². The molecular formula is C32H27FN8O. The van der Waals surface area contributed by atoms with E-state index < -0.39 is 0 Å². The molecule has 0 radical (unpaired) electrons. The predicted octanol–water partition coefficient (Wildman–Crippen LogP) is 5.51. The highest BCUT2D eigenvalue weighted by Gasteiger charge is 2.28. The summed E-state index contributed by atoms with van der Waals surface area (Å²) in [6.45, 7) is 2.98. The van der Waals surface area contributed by atoms with Gasteiger partial charge in [-0.25, -0.2) is 19.3 Å². The fourth-order valence-electron chi connectivity index (χ4n) is 5.69. The van der Waals surface area contributed by atoms with Gasteiger partial charge in [0.25, 0.3) is 0 Å². The first-order valence-electron chi connectivity index (χ1n) is 13.9. The van der Waals surface area contributed by atoms with Gasteiger partial charge in [-0.1, -0.05) is 36.4 Å². The van der Waals surface area contributed by atoms with Crippen molar-refractivity contribution in [2.75, 3.05) is 18.4 Å². The van der Waals surface area contributed by atoms with Crippen LogP contribution in [0.2, 0.25) is 0 Å². The third-order valence-electron chi connectivity index (χ3n) is 7.80. The molecular weight excluding hydrogens is 531 g/mol. The molecule has 1 N–H and O–H groups in total. The van der Waals surface area contributed by atoms with E-state index >= 15 is 4.39 Å². The zero-order valence-corrected chi connectivity index (χ0v) is 22.7. The van der Waals surface area contributed by atoms with Gasteiger partial charge in [-0.15, -0.1) is 0 Å². The number of piperidine rings is 1. The summed E-state index contributed by atoms with van der Waals surface area (Å²) < 4.78 is 23.0. The lowest BCUT2D eigenvalue weighted by Gasteiger charge is -2.32. The van der Waals surface area contributed by atoms with Crippen LogP contribution in [0.1, 0.15) is 24.2 Å². The number of rotatable bonds is 6. The van der Waals surface area contributed by atoms with Crippen LogP contribution in [0.25, 0.3) is 33.9 Å². The fraction of sp³-hybridized carbons (Fsp3) is 0.219. The Bertz CT molecular complexity index is 1790. The zero-order valence-electron chi connectivity index (χ0n) is 22.7. The second kappa shape index (κ2) is 11.0. The molecule has 42 heavy (non-hydrogen) atoms. The molecule has 10 heteroatoms. The van der Waals surface area contributed by atoms with Crippen LogP contribution < -0.4 is 10.1 Å². The van der Waals surface area contributed by atoms with Gasteiger partial charge in [0, 0.05) is 55.4 Å². The van der Waals surface area contributed by atoms with Crippen LogP contribution in [-0.4, -0.2) is 48.5 Å². The van der Waals surface area contributed by atoms with Gasteiger partial charge in [-0.3, -0.25) is 14.5 Å². The third kappa shape index (κ3) is 4.95. The Morgan fingerprint density at radius 1 is 0.976 bits per heavy atom. The molecule has 5 aromatic rings. The fourth-order valence-corrected chi connectivity index (χ4v) is 5.69. The molecule has 0 saturated carbocycles. The van der Waals surface area contributed by atoms with Crippen LogP contribution >= 0.6 is 0 Å². The molecule has 7 rings (SSSR count). The standard InChI is InChI=1S/C32H27FN8O/c33-26-4-2-1-3-24(26)31-30(39-32-25-18-35-13-9-27(25)42-20-41(31)32)22-7-5-21(6-8-22)19-40-15-11-23(12-16-40)37-28-10-14-36-29(17-34)38-28/h1-10,13-14,18,23H,11-12,15-16,19-20H2,(H,36,37,38). The second-order valence-electron chi connectivity index (χ2n) is 10.5. The maximum absolute atomic E-state index is 15.1. The van der Waals surface area contributed by atoms with E-state index in [0.717, 1.165) is 43.6 Å². The molecule has 1 fully saturated rings. The summed E-state index contributed by atoms with van der Waals surface area (Å²) in [5.41, 5.74) is 4.77. The summed E-state index contributed by atoms with van der Waals surface area (Å²) in [5, 5.41) is 12.5. The van der Waals surface area contributed by atoms with Crippen LogP contribution in [0.15, 0.2) is 79.3 Å². The Morgan fingerprint density at radius 3 is 2.62 bits per heavy atom. The van der Waals surface area contributed by atoms with Gasteiger partial charge in [-0.05, 0) is 42.7 Å². The van der Waals surface area contributed by atoms with Crippen molar-refractivity contribution >= 4 is 5.82 Å². The third-order valence-corrected chi connectivity index (χ3v) is 7.80. The number of pyridine rings is 1. The van der Waals surface area contributed by atoms with Gasteiger partial charge in [0.1, 0.15) is 29.3 Å². The highest BCUT2D eigenvalue weighted by atomic mass is 19.1. The molecule has 3 aromatic heterocycles. The summed E-state index contributed by atoms with van der Waals surface area (Å²) in [5.74, 6) is 1.99. The Kier molecular flexibility index (Phi) is 6.78. The van der Waals surface area contributed by atoms with Gasteiger partial charge in [0.05, 0.1) is 17.0 Å². The normalized spacial score (nSPS) is 14.9. The summed E-state index contributed by atoms with van der Waals surface area (Å²) in [6.07, 6.45) is 7.00. The molecule has 0 amide bonds. The number of nitriles is 1. The van der Waals surface area contributed by atoms with Crippen LogP contribution in [0.5, 0.6) is 5.75 Å².